The van der Waals surface area contributed by atoms with Crippen molar-refractivity contribution in [1.29, 1.82) is 0 Å². The second-order valence-electron chi connectivity index (χ2n) is 9.25. The molecule has 3 saturated heterocycles. The van der Waals surface area contributed by atoms with Crippen LogP contribution < -0.4 is 5.32 Å². The molecule has 0 saturated carbocycles. The molecule has 1 spiro atoms. The van der Waals surface area contributed by atoms with Gasteiger partial charge in [-0.05, 0) is 45.1 Å². The Labute approximate surface area is 185 Å². The van der Waals surface area contributed by atoms with Crippen molar-refractivity contribution in [3.63, 3.8) is 0 Å². The van der Waals surface area contributed by atoms with Crippen molar-refractivity contribution in [2.75, 3.05) is 26.2 Å². The van der Waals surface area contributed by atoms with Crippen molar-refractivity contribution in [2.24, 2.45) is 11.8 Å². The molecule has 6 nitrogen and oxygen atoms in total. The lowest BCUT2D eigenvalue weighted by atomic mass is 9.73. The summed E-state index contributed by atoms with van der Waals surface area (Å²) in [4.78, 5) is 23.3. The van der Waals surface area contributed by atoms with E-state index >= 15 is 0 Å². The molecule has 6 heteroatoms. The zero-order chi connectivity index (χ0) is 22.3. The van der Waals surface area contributed by atoms with E-state index in [4.69, 9.17) is 14.6 Å². The lowest BCUT2D eigenvalue weighted by molar-refractivity contribution is -0.123. The summed E-state index contributed by atoms with van der Waals surface area (Å²) in [6, 6.07) is 10.4. The summed E-state index contributed by atoms with van der Waals surface area (Å²) in [5.74, 6) is 1.23. The molecule has 0 aromatic heterocycles. The number of rotatable bonds is 8. The molecule has 3 heterocycles. The lowest BCUT2D eigenvalue weighted by Crippen LogP contribution is -2.41. The molecule has 31 heavy (non-hydrogen) atoms. The van der Waals surface area contributed by atoms with E-state index < -0.39 is 0 Å². The number of nitrogens with zero attached hydrogens (tertiary/aromatic N) is 1. The van der Waals surface area contributed by atoms with Gasteiger partial charge in [-0.15, -0.1) is 0 Å². The van der Waals surface area contributed by atoms with Gasteiger partial charge in [0.15, 0.2) is 0 Å². The van der Waals surface area contributed by atoms with Crippen LogP contribution >= 0.6 is 0 Å². The number of benzene rings is 1. The van der Waals surface area contributed by atoms with Crippen LogP contribution in [0.5, 0.6) is 0 Å². The van der Waals surface area contributed by atoms with Crippen LogP contribution in [-0.4, -0.2) is 60.3 Å². The standard InChI is InChI=1S/C24H34N2O2.CH2O2/c1-18(2)12-14-26-16-21-20(22-11-13-24(21,17-26)28-22)15-25-23(27)10-6-9-19-7-4-3-5-8-19;2-1-3/h3-5,7-8,12,20-22H,6,9-11,13-17H2,1-2H3,(H,25,27);1H,(H,2,3)/t20-,21+,22+,24+;/m0./s1. The molecule has 1 aromatic carbocycles. The topological polar surface area (TPSA) is 78.9 Å². The number of amides is 1. The smallest absolute Gasteiger partial charge is 0.290 e. The number of carbonyl (C=O) groups excluding carboxylic acids is 1. The lowest BCUT2D eigenvalue weighted by Gasteiger charge is -2.29. The van der Waals surface area contributed by atoms with Crippen molar-refractivity contribution in [3.05, 3.63) is 47.5 Å². The predicted molar refractivity (Wildman–Crippen MR) is 121 cm³/mol. The number of nitrogens with one attached hydrogen (secondary N) is 1. The van der Waals surface area contributed by atoms with Gasteiger partial charge in [-0.2, -0.15) is 0 Å². The maximum Gasteiger partial charge on any atom is 0.290 e. The van der Waals surface area contributed by atoms with Gasteiger partial charge in [0.05, 0.1) is 11.7 Å². The predicted octanol–water partition coefficient (Wildman–Crippen LogP) is 3.27. The Morgan fingerprint density at radius 3 is 2.77 bits per heavy atom. The number of allylic oxidation sites excluding steroid dienone is 1. The number of likely N-dealkylation sites (tertiary alicyclic amines) is 1. The molecule has 2 N–H and O–H groups in total. The van der Waals surface area contributed by atoms with E-state index in [1.807, 2.05) is 6.07 Å². The summed E-state index contributed by atoms with van der Waals surface area (Å²) in [7, 11) is 0. The molecule has 1 amide bonds. The number of aryl methyl sites for hydroxylation is 1. The van der Waals surface area contributed by atoms with Gasteiger partial charge in [-0.1, -0.05) is 42.0 Å². The minimum Gasteiger partial charge on any atom is -0.483 e. The van der Waals surface area contributed by atoms with Crippen molar-refractivity contribution in [1.82, 2.24) is 10.2 Å². The van der Waals surface area contributed by atoms with Gasteiger partial charge in [0, 0.05) is 44.4 Å². The summed E-state index contributed by atoms with van der Waals surface area (Å²) in [6.07, 6.45) is 7.49. The molecule has 170 valence electrons. The van der Waals surface area contributed by atoms with Gasteiger partial charge in [0.25, 0.3) is 6.47 Å². The molecule has 4 rings (SSSR count). The van der Waals surface area contributed by atoms with Crippen LogP contribution in [0.3, 0.4) is 0 Å². The molecule has 2 bridgehead atoms. The van der Waals surface area contributed by atoms with Crippen molar-refractivity contribution in [3.8, 4) is 0 Å². The van der Waals surface area contributed by atoms with Gasteiger partial charge in [0.2, 0.25) is 5.91 Å². The number of hydrogen-bond acceptors (Lipinski definition) is 4. The molecule has 0 unspecified atom stereocenters. The Morgan fingerprint density at radius 2 is 2.06 bits per heavy atom. The van der Waals surface area contributed by atoms with Crippen LogP contribution in [-0.2, 0) is 20.7 Å². The van der Waals surface area contributed by atoms with Crippen molar-refractivity contribution < 1.29 is 19.4 Å². The number of carbonyl (C=O) groups is 2. The first-order valence-electron chi connectivity index (χ1n) is 11.4. The first-order valence-corrected chi connectivity index (χ1v) is 11.4. The van der Waals surface area contributed by atoms with Gasteiger partial charge >= 0.3 is 0 Å². The summed E-state index contributed by atoms with van der Waals surface area (Å²) in [5, 5.41) is 10.1. The monoisotopic (exact) mass is 428 g/mol. The number of hydrogen-bond donors (Lipinski definition) is 2. The third-order valence-corrected chi connectivity index (χ3v) is 6.86. The zero-order valence-electron chi connectivity index (χ0n) is 18.8. The van der Waals surface area contributed by atoms with E-state index in [1.54, 1.807) is 0 Å². The van der Waals surface area contributed by atoms with E-state index in [-0.39, 0.29) is 18.0 Å². The summed E-state index contributed by atoms with van der Waals surface area (Å²) < 4.78 is 6.49. The fourth-order valence-corrected chi connectivity index (χ4v) is 5.43. The van der Waals surface area contributed by atoms with Crippen LogP contribution in [0.1, 0.15) is 45.1 Å². The van der Waals surface area contributed by atoms with Gasteiger partial charge in [0.1, 0.15) is 0 Å². The summed E-state index contributed by atoms with van der Waals surface area (Å²) in [5.41, 5.74) is 2.74. The normalized spacial score (nSPS) is 28.4. The third-order valence-electron chi connectivity index (χ3n) is 6.86. The zero-order valence-corrected chi connectivity index (χ0v) is 18.8. The van der Waals surface area contributed by atoms with Gasteiger partial charge in [-0.3, -0.25) is 14.5 Å². The Bertz CT molecular complexity index is 762. The summed E-state index contributed by atoms with van der Waals surface area (Å²) >= 11 is 0. The van der Waals surface area contributed by atoms with E-state index in [2.05, 4.69) is 54.4 Å². The fourth-order valence-electron chi connectivity index (χ4n) is 5.43. The third kappa shape index (κ3) is 5.95. The quantitative estimate of drug-likeness (QED) is 0.491. The largest absolute Gasteiger partial charge is 0.483 e. The highest BCUT2D eigenvalue weighted by atomic mass is 16.5. The molecular formula is C25H36N2O4. The summed E-state index contributed by atoms with van der Waals surface area (Å²) in [6.45, 7) is 8.03. The molecule has 4 atom stereocenters. The molecule has 1 aromatic rings. The SMILES string of the molecule is CC(C)=CCN1C[C@@H]2[C@H](CNC(=O)CCCc3ccccc3)[C@H]3CC[C@]2(C1)O3.O=CO. The number of ether oxygens (including phenoxy) is 1. The first kappa shape index (κ1) is 23.5. The average Bonchev–Trinajstić information content (AvgIpc) is 3.40. The Hall–Kier alpha value is -2.18. The maximum atomic E-state index is 12.4. The maximum absolute atomic E-state index is 12.4. The second kappa shape index (κ2) is 10.9. The highest BCUT2D eigenvalue weighted by molar-refractivity contribution is 5.75. The van der Waals surface area contributed by atoms with Gasteiger partial charge < -0.3 is 15.2 Å². The van der Waals surface area contributed by atoms with Crippen LogP contribution in [0.25, 0.3) is 0 Å². The van der Waals surface area contributed by atoms with Crippen LogP contribution in [0.15, 0.2) is 42.0 Å². The fraction of sp³-hybridized carbons (Fsp3) is 0.600. The molecule has 3 fully saturated rings. The average molecular weight is 429 g/mol. The van der Waals surface area contributed by atoms with E-state index in [1.165, 1.54) is 17.6 Å². The van der Waals surface area contributed by atoms with Crippen LogP contribution in [0.4, 0.5) is 0 Å². The number of carboxylic acid groups (broad SMARTS) is 1. The molecular weight excluding hydrogens is 392 g/mol. The van der Waals surface area contributed by atoms with Crippen LogP contribution in [0.2, 0.25) is 0 Å². The Kier molecular flexibility index (Phi) is 8.27. The first-order chi connectivity index (χ1) is 15.0. The number of fused-ring (bicyclic) bond motifs is 1. The van der Waals surface area contributed by atoms with Crippen LogP contribution in [0, 0.1) is 11.8 Å². The highest BCUT2D eigenvalue weighted by Crippen LogP contribution is 2.54. The Balaban J connectivity index is 0.000000858. The molecule has 0 radical (unpaired) electrons. The van der Waals surface area contributed by atoms with Crippen molar-refractivity contribution in [2.45, 2.75) is 57.7 Å². The van der Waals surface area contributed by atoms with E-state index in [0.717, 1.165) is 45.4 Å². The van der Waals surface area contributed by atoms with Gasteiger partial charge in [-0.25, -0.2) is 0 Å². The Morgan fingerprint density at radius 1 is 1.32 bits per heavy atom. The minimum absolute atomic E-state index is 0.0584. The van der Waals surface area contributed by atoms with Crippen molar-refractivity contribution >= 4 is 12.4 Å². The molecule has 3 aliphatic rings. The highest BCUT2D eigenvalue weighted by Gasteiger charge is 2.62. The minimum atomic E-state index is -0.250. The molecule has 0 aliphatic carbocycles. The second-order valence-corrected chi connectivity index (χ2v) is 9.25. The van der Waals surface area contributed by atoms with E-state index in [0.29, 0.717) is 24.4 Å². The molecule has 3 aliphatic heterocycles. The van der Waals surface area contributed by atoms with E-state index in [9.17, 15) is 4.79 Å².